The molecule has 0 fully saturated rings. The van der Waals surface area contributed by atoms with Gasteiger partial charge in [-0.15, -0.1) is 29.8 Å². The van der Waals surface area contributed by atoms with E-state index in [1.54, 1.807) is 0 Å². The number of hydrogen-bond donors (Lipinski definition) is 1. The number of pyridine rings is 1. The Morgan fingerprint density at radius 3 is 2.03 bits per heavy atom. The van der Waals surface area contributed by atoms with Crippen molar-refractivity contribution in [2.45, 2.75) is 33.1 Å². The number of carbonyl (C=O) groups is 1. The number of nitrogens with zero attached hydrogens (tertiary/aromatic N) is 1. The SMILES string of the molecule is Cc1cc(C)c(-c2ccc[c-]c2-c2ccccn2)c(C)c1.O=C(/C=C(\O)C(F)(F)F)C(F)(F)F.[Pt]. The number of rotatable bonds is 3. The molecule has 2 aromatic carbocycles. The summed E-state index contributed by atoms with van der Waals surface area (Å²) in [5.41, 5.74) is 8.41. The standard InChI is InChI=1S/C20H18N.C5H2F6O2.Pt/c1-14-12-15(2)20(16(3)13-14)18-9-5-4-8-17(18)19-10-6-7-11-21-19;6-4(7,8)2(12)1-3(13)5(9,10)11;/h4-7,9-13H,1-3H3;1,12H;/q-1;;/b;2-1-;. The molecule has 1 aromatic heterocycles. The van der Waals surface area contributed by atoms with Crippen molar-refractivity contribution in [3.8, 4) is 22.4 Å². The number of halogens is 6. The maximum Gasteiger partial charge on any atom is 0.454 e. The molecule has 0 atom stereocenters. The third kappa shape index (κ3) is 8.35. The van der Waals surface area contributed by atoms with Gasteiger partial charge in [0.1, 0.15) is 0 Å². The van der Waals surface area contributed by atoms with Crippen molar-refractivity contribution in [1.82, 2.24) is 4.98 Å². The molecule has 1 heterocycles. The summed E-state index contributed by atoms with van der Waals surface area (Å²) in [6, 6.07) is 20.0. The van der Waals surface area contributed by atoms with Crippen LogP contribution in [-0.4, -0.2) is 28.2 Å². The smallest absolute Gasteiger partial charge is 0.454 e. The quantitative estimate of drug-likeness (QED) is 0.138. The van der Waals surface area contributed by atoms with Gasteiger partial charge in [0, 0.05) is 33.3 Å². The fourth-order valence-corrected chi connectivity index (χ4v) is 3.26. The van der Waals surface area contributed by atoms with E-state index in [2.05, 4.69) is 50.0 Å². The molecular weight excluding hydrogens is 655 g/mol. The first kappa shape index (κ1) is 30.1. The minimum absolute atomic E-state index is 0. The molecule has 0 unspecified atom stereocenters. The Morgan fingerprint density at radius 2 is 1.54 bits per heavy atom. The third-order valence-electron chi connectivity index (χ3n) is 4.56. The van der Waals surface area contributed by atoms with Crippen LogP contribution < -0.4 is 0 Å². The topological polar surface area (TPSA) is 50.2 Å². The van der Waals surface area contributed by atoms with Crippen LogP contribution in [-0.2, 0) is 25.9 Å². The summed E-state index contributed by atoms with van der Waals surface area (Å²) < 4.78 is 68.1. The van der Waals surface area contributed by atoms with Crippen molar-refractivity contribution in [2.24, 2.45) is 0 Å². The number of aromatic nitrogens is 1. The van der Waals surface area contributed by atoms with Crippen molar-refractivity contribution in [3.63, 3.8) is 0 Å². The zero-order valence-corrected chi connectivity index (χ0v) is 20.9. The molecule has 0 bridgehead atoms. The maximum atomic E-state index is 11.4. The maximum absolute atomic E-state index is 11.4. The van der Waals surface area contributed by atoms with Crippen LogP contribution in [0.5, 0.6) is 0 Å². The van der Waals surface area contributed by atoms with Crippen LogP contribution in [0.1, 0.15) is 16.7 Å². The van der Waals surface area contributed by atoms with Gasteiger partial charge in [-0.3, -0.25) is 4.79 Å². The van der Waals surface area contributed by atoms with Crippen LogP contribution in [0.15, 0.2) is 66.6 Å². The fourth-order valence-electron chi connectivity index (χ4n) is 3.26. The van der Waals surface area contributed by atoms with E-state index >= 15 is 0 Å². The van der Waals surface area contributed by atoms with E-state index in [1.165, 1.54) is 27.8 Å². The summed E-state index contributed by atoms with van der Waals surface area (Å²) in [4.78, 5) is 14.3. The zero-order chi connectivity index (χ0) is 25.7. The first-order valence-corrected chi connectivity index (χ1v) is 9.81. The molecule has 0 aliphatic heterocycles. The number of carbonyl (C=O) groups excluding carboxylic acids is 1. The van der Waals surface area contributed by atoms with Crippen molar-refractivity contribution >= 4 is 5.78 Å². The fraction of sp³-hybridized carbons (Fsp3) is 0.200. The summed E-state index contributed by atoms with van der Waals surface area (Å²) in [6.07, 6.45) is -9.85. The largest absolute Gasteiger partial charge is 0.504 e. The number of aliphatic hydroxyl groups is 1. The number of allylic oxidation sites excluding steroid dienone is 2. The molecule has 0 saturated heterocycles. The van der Waals surface area contributed by atoms with Gasteiger partial charge in [0.15, 0.2) is 0 Å². The van der Waals surface area contributed by atoms with E-state index in [0.717, 1.165) is 11.3 Å². The Labute approximate surface area is 212 Å². The molecule has 3 aromatic rings. The number of ketones is 1. The van der Waals surface area contributed by atoms with Crippen molar-refractivity contribution < 1.29 is 57.3 Å². The van der Waals surface area contributed by atoms with Gasteiger partial charge >= 0.3 is 12.4 Å². The van der Waals surface area contributed by atoms with Gasteiger partial charge in [0.05, 0.1) is 0 Å². The van der Waals surface area contributed by atoms with Crippen LogP contribution in [0.4, 0.5) is 26.3 Å². The average molecular weight is 676 g/mol. The van der Waals surface area contributed by atoms with Gasteiger partial charge in [-0.2, -0.15) is 26.3 Å². The second kappa shape index (κ2) is 12.2. The predicted octanol–water partition coefficient (Wildman–Crippen LogP) is 7.26. The molecule has 10 heteroatoms. The molecule has 0 amide bonds. The molecule has 0 radical (unpaired) electrons. The van der Waals surface area contributed by atoms with Gasteiger partial charge < -0.3 is 10.1 Å². The normalized spacial score (nSPS) is 11.7. The second-order valence-corrected chi connectivity index (χ2v) is 7.34. The van der Waals surface area contributed by atoms with Crippen molar-refractivity contribution in [2.75, 3.05) is 0 Å². The number of benzene rings is 2. The van der Waals surface area contributed by atoms with E-state index < -0.39 is 30.0 Å². The third-order valence-corrected chi connectivity index (χ3v) is 4.56. The molecule has 0 aliphatic carbocycles. The number of aryl methyl sites for hydroxylation is 3. The van der Waals surface area contributed by atoms with Gasteiger partial charge in [-0.25, -0.2) is 0 Å². The van der Waals surface area contributed by atoms with Gasteiger partial charge in [0.2, 0.25) is 5.76 Å². The zero-order valence-electron chi connectivity index (χ0n) is 18.7. The summed E-state index contributed by atoms with van der Waals surface area (Å²) in [7, 11) is 0. The van der Waals surface area contributed by atoms with E-state index in [4.69, 9.17) is 5.11 Å². The molecule has 0 aliphatic rings. The van der Waals surface area contributed by atoms with Crippen LogP contribution in [0.2, 0.25) is 0 Å². The van der Waals surface area contributed by atoms with Crippen LogP contribution in [0, 0.1) is 26.8 Å². The number of alkyl halides is 6. The Morgan fingerprint density at radius 1 is 0.943 bits per heavy atom. The molecule has 0 spiro atoms. The van der Waals surface area contributed by atoms with Crippen molar-refractivity contribution in [3.05, 3.63) is 89.3 Å². The van der Waals surface area contributed by atoms with E-state index in [0.29, 0.717) is 0 Å². The van der Waals surface area contributed by atoms with E-state index in [1.807, 2.05) is 36.5 Å². The molecule has 1 N–H and O–H groups in total. The Bertz CT molecular complexity index is 1170. The summed E-state index contributed by atoms with van der Waals surface area (Å²) >= 11 is 0. The number of hydrogen-bond acceptors (Lipinski definition) is 3. The molecule has 35 heavy (non-hydrogen) atoms. The van der Waals surface area contributed by atoms with Crippen LogP contribution in [0.3, 0.4) is 0 Å². The Kier molecular flexibility index (Phi) is 10.5. The van der Waals surface area contributed by atoms with Gasteiger partial charge in [-0.05, 0) is 32.5 Å². The predicted molar refractivity (Wildman–Crippen MR) is 116 cm³/mol. The summed E-state index contributed by atoms with van der Waals surface area (Å²) in [6.45, 7) is 6.48. The molecular formula is C25H20F6NO2Pt-. The summed E-state index contributed by atoms with van der Waals surface area (Å²) in [5.74, 6) is -5.34. The van der Waals surface area contributed by atoms with E-state index in [-0.39, 0.29) is 21.1 Å². The second-order valence-electron chi connectivity index (χ2n) is 7.34. The molecule has 3 rings (SSSR count). The first-order chi connectivity index (χ1) is 15.7. The van der Waals surface area contributed by atoms with Gasteiger partial charge in [-0.1, -0.05) is 52.1 Å². The Hall–Kier alpha value is -2.93. The molecule has 0 saturated carbocycles. The minimum Gasteiger partial charge on any atom is -0.504 e. The average Bonchev–Trinajstić information content (AvgIpc) is 2.73. The van der Waals surface area contributed by atoms with Crippen LogP contribution >= 0.6 is 0 Å². The molecule has 3 nitrogen and oxygen atoms in total. The monoisotopic (exact) mass is 675 g/mol. The minimum atomic E-state index is -5.42. The molecule has 190 valence electrons. The summed E-state index contributed by atoms with van der Waals surface area (Å²) in [5, 5.41) is 7.93. The number of aliphatic hydroxyl groups excluding tert-OH is 1. The van der Waals surface area contributed by atoms with Crippen LogP contribution in [0.25, 0.3) is 22.4 Å². The van der Waals surface area contributed by atoms with Gasteiger partial charge in [0.25, 0.3) is 5.78 Å². The van der Waals surface area contributed by atoms with E-state index in [9.17, 15) is 31.1 Å². The first-order valence-electron chi connectivity index (χ1n) is 9.81. The van der Waals surface area contributed by atoms with Crippen molar-refractivity contribution in [1.29, 1.82) is 0 Å². The Balaban J connectivity index is 0.000000383.